The molecule has 3 rings (SSSR count). The van der Waals surface area contributed by atoms with E-state index < -0.39 is 0 Å². The summed E-state index contributed by atoms with van der Waals surface area (Å²) in [6.45, 7) is 7.82. The molecule has 1 saturated heterocycles. The largest absolute Gasteiger partial charge is 0.339 e. The highest BCUT2D eigenvalue weighted by molar-refractivity contribution is 6.33. The minimum atomic E-state index is -0.308. The van der Waals surface area contributed by atoms with E-state index >= 15 is 0 Å². The van der Waals surface area contributed by atoms with Crippen molar-refractivity contribution < 1.29 is 14.0 Å². The van der Waals surface area contributed by atoms with Gasteiger partial charge in [0.25, 0.3) is 5.91 Å². The van der Waals surface area contributed by atoms with Gasteiger partial charge in [0.1, 0.15) is 11.0 Å². The van der Waals surface area contributed by atoms with Crippen LogP contribution in [0, 0.1) is 18.7 Å². The van der Waals surface area contributed by atoms with Gasteiger partial charge in [-0.05, 0) is 24.6 Å². The second-order valence-corrected chi connectivity index (χ2v) is 7.67. The molecule has 0 unspecified atom stereocenters. The van der Waals surface area contributed by atoms with Crippen molar-refractivity contribution in [1.82, 2.24) is 19.6 Å². The number of hydrogen-bond donors (Lipinski definition) is 0. The predicted octanol–water partition coefficient (Wildman–Crippen LogP) is 2.97. The molecule has 2 aromatic rings. The lowest BCUT2D eigenvalue weighted by Gasteiger charge is -2.35. The number of piperazine rings is 1. The van der Waals surface area contributed by atoms with E-state index in [-0.39, 0.29) is 28.7 Å². The minimum Gasteiger partial charge on any atom is -0.339 e. The minimum absolute atomic E-state index is 0.0522. The van der Waals surface area contributed by atoms with Gasteiger partial charge in [0.15, 0.2) is 0 Å². The van der Waals surface area contributed by atoms with Gasteiger partial charge in [0.05, 0.1) is 17.8 Å². The van der Waals surface area contributed by atoms with Crippen molar-refractivity contribution in [2.24, 2.45) is 5.92 Å². The number of rotatable bonds is 4. The molecule has 0 saturated carbocycles. The van der Waals surface area contributed by atoms with Crippen molar-refractivity contribution in [3.8, 4) is 0 Å². The number of carbonyl (C=O) groups is 2. The first-order valence-corrected chi connectivity index (χ1v) is 9.71. The Kier molecular flexibility index (Phi) is 6.03. The van der Waals surface area contributed by atoms with Crippen LogP contribution in [-0.4, -0.2) is 57.6 Å². The summed E-state index contributed by atoms with van der Waals surface area (Å²) in [4.78, 5) is 28.6. The summed E-state index contributed by atoms with van der Waals surface area (Å²) < 4.78 is 14.6. The summed E-state index contributed by atoms with van der Waals surface area (Å²) in [5.41, 5.74) is 1.77. The van der Waals surface area contributed by atoms with E-state index in [0.717, 1.165) is 5.56 Å². The average Bonchev–Trinajstić information content (AvgIpc) is 2.95. The fourth-order valence-electron chi connectivity index (χ4n) is 3.32. The van der Waals surface area contributed by atoms with Crippen LogP contribution in [0.1, 0.15) is 35.5 Å². The first-order chi connectivity index (χ1) is 13.3. The fourth-order valence-corrected chi connectivity index (χ4v) is 3.63. The normalized spacial score (nSPS) is 14.6. The van der Waals surface area contributed by atoms with Gasteiger partial charge < -0.3 is 9.80 Å². The second kappa shape index (κ2) is 8.31. The van der Waals surface area contributed by atoms with E-state index in [1.165, 1.54) is 12.1 Å². The van der Waals surface area contributed by atoms with Gasteiger partial charge in [0, 0.05) is 32.1 Å². The summed E-state index contributed by atoms with van der Waals surface area (Å²) in [6, 6.07) is 6.08. The molecule has 1 fully saturated rings. The molecule has 150 valence electrons. The Hall–Kier alpha value is -2.41. The lowest BCUT2D eigenvalue weighted by Crippen LogP contribution is -2.51. The van der Waals surface area contributed by atoms with Gasteiger partial charge >= 0.3 is 0 Å². The number of benzene rings is 1. The lowest BCUT2D eigenvalue weighted by atomic mass is 10.1. The van der Waals surface area contributed by atoms with Gasteiger partial charge in [0.2, 0.25) is 5.91 Å². The van der Waals surface area contributed by atoms with Crippen LogP contribution in [-0.2, 0) is 11.3 Å². The summed E-state index contributed by atoms with van der Waals surface area (Å²) >= 11 is 6.46. The molecule has 1 aromatic heterocycles. The number of carbonyl (C=O) groups excluding carboxylic acids is 2. The highest BCUT2D eigenvalue weighted by Gasteiger charge is 2.29. The van der Waals surface area contributed by atoms with E-state index in [0.29, 0.717) is 44.0 Å². The zero-order valence-corrected chi connectivity index (χ0v) is 17.0. The van der Waals surface area contributed by atoms with Gasteiger partial charge in [-0.1, -0.05) is 37.6 Å². The monoisotopic (exact) mass is 406 g/mol. The molecule has 0 N–H and O–H groups in total. The third kappa shape index (κ3) is 4.19. The number of nitrogens with zero attached hydrogens (tertiary/aromatic N) is 4. The lowest BCUT2D eigenvalue weighted by molar-refractivity contribution is -0.135. The third-order valence-electron chi connectivity index (χ3n) is 4.90. The topological polar surface area (TPSA) is 58.4 Å². The van der Waals surface area contributed by atoms with Crippen LogP contribution in [0.25, 0.3) is 0 Å². The van der Waals surface area contributed by atoms with Gasteiger partial charge in [-0.3, -0.25) is 9.59 Å². The Labute approximate surface area is 168 Å². The molecule has 6 nitrogen and oxygen atoms in total. The first kappa shape index (κ1) is 20.3. The molecule has 1 aromatic carbocycles. The van der Waals surface area contributed by atoms with Crippen LogP contribution in [0.2, 0.25) is 5.15 Å². The maximum absolute atomic E-state index is 13.1. The maximum atomic E-state index is 13.1. The smallest absolute Gasteiger partial charge is 0.259 e. The Bertz CT molecular complexity index is 871. The van der Waals surface area contributed by atoms with Crippen LogP contribution >= 0.6 is 11.6 Å². The van der Waals surface area contributed by atoms with Gasteiger partial charge in [-0.2, -0.15) is 5.10 Å². The molecule has 2 amide bonds. The number of amides is 2. The number of hydrogen-bond acceptors (Lipinski definition) is 3. The van der Waals surface area contributed by atoms with Crippen molar-refractivity contribution in [1.29, 1.82) is 0 Å². The van der Waals surface area contributed by atoms with E-state index in [9.17, 15) is 14.0 Å². The van der Waals surface area contributed by atoms with Crippen LogP contribution in [0.3, 0.4) is 0 Å². The van der Waals surface area contributed by atoms with Crippen molar-refractivity contribution in [2.45, 2.75) is 27.3 Å². The van der Waals surface area contributed by atoms with Gasteiger partial charge in [-0.25, -0.2) is 9.07 Å². The van der Waals surface area contributed by atoms with Crippen molar-refractivity contribution >= 4 is 23.4 Å². The highest BCUT2D eigenvalue weighted by Crippen LogP contribution is 2.23. The molecule has 0 radical (unpaired) electrons. The fraction of sp³-hybridized carbons (Fsp3) is 0.450. The van der Waals surface area contributed by atoms with Crippen LogP contribution in [0.5, 0.6) is 0 Å². The molecule has 1 aliphatic heterocycles. The van der Waals surface area contributed by atoms with E-state index in [4.69, 9.17) is 11.6 Å². The summed E-state index contributed by atoms with van der Waals surface area (Å²) in [5, 5.41) is 4.66. The first-order valence-electron chi connectivity index (χ1n) is 9.33. The maximum Gasteiger partial charge on any atom is 0.259 e. The molecule has 1 aliphatic rings. The molecular formula is C20H24ClFN4O2. The zero-order chi connectivity index (χ0) is 20.4. The second-order valence-electron chi connectivity index (χ2n) is 7.31. The van der Waals surface area contributed by atoms with Crippen LogP contribution in [0.4, 0.5) is 4.39 Å². The van der Waals surface area contributed by atoms with Crippen molar-refractivity contribution in [3.63, 3.8) is 0 Å². The van der Waals surface area contributed by atoms with E-state index in [1.54, 1.807) is 33.5 Å². The highest BCUT2D eigenvalue weighted by atomic mass is 35.5. The summed E-state index contributed by atoms with van der Waals surface area (Å²) in [7, 11) is 0. The third-order valence-corrected chi connectivity index (χ3v) is 5.28. The molecular weight excluding hydrogens is 383 g/mol. The SMILES string of the molecule is Cc1nn(Cc2ccc(F)cc2)c(Cl)c1C(=O)N1CCN(C(=O)C(C)C)CC1. The summed E-state index contributed by atoms with van der Waals surface area (Å²) in [6.07, 6.45) is 0. The zero-order valence-electron chi connectivity index (χ0n) is 16.3. The Morgan fingerprint density at radius 1 is 1.11 bits per heavy atom. The van der Waals surface area contributed by atoms with Crippen LogP contribution in [0.15, 0.2) is 24.3 Å². The summed E-state index contributed by atoms with van der Waals surface area (Å²) in [5.74, 6) is -0.431. The van der Waals surface area contributed by atoms with E-state index in [2.05, 4.69) is 5.10 Å². The van der Waals surface area contributed by atoms with Crippen molar-refractivity contribution in [3.05, 3.63) is 52.1 Å². The van der Waals surface area contributed by atoms with Crippen LogP contribution < -0.4 is 0 Å². The Balaban J connectivity index is 1.72. The number of aryl methyl sites for hydroxylation is 1. The molecule has 2 heterocycles. The standard InChI is InChI=1S/C20H24ClFN4O2/c1-13(2)19(27)24-8-10-25(11-9-24)20(28)17-14(3)23-26(18(17)21)12-15-4-6-16(22)7-5-15/h4-7,13H,8-12H2,1-3H3. The molecule has 0 atom stereocenters. The predicted molar refractivity (Wildman–Crippen MR) is 105 cm³/mol. The average molecular weight is 407 g/mol. The Morgan fingerprint density at radius 3 is 2.25 bits per heavy atom. The number of halogens is 2. The number of aromatic nitrogens is 2. The molecule has 28 heavy (non-hydrogen) atoms. The van der Waals surface area contributed by atoms with Crippen molar-refractivity contribution in [2.75, 3.05) is 26.2 Å². The molecule has 0 aliphatic carbocycles. The molecule has 0 bridgehead atoms. The Morgan fingerprint density at radius 2 is 1.68 bits per heavy atom. The molecule has 8 heteroatoms. The molecule has 0 spiro atoms. The quantitative estimate of drug-likeness (QED) is 0.784. The van der Waals surface area contributed by atoms with Gasteiger partial charge in [-0.15, -0.1) is 0 Å². The van der Waals surface area contributed by atoms with E-state index in [1.807, 2.05) is 13.8 Å².